The molecule has 0 spiro atoms. The Morgan fingerprint density at radius 1 is 1.26 bits per heavy atom. The van der Waals surface area contributed by atoms with Crippen LogP contribution in [-0.2, 0) is 6.54 Å². The smallest absolute Gasteiger partial charge is 0.268 e. The molecule has 4 heteroatoms. The fourth-order valence-corrected chi connectivity index (χ4v) is 2.72. The quantitative estimate of drug-likeness (QED) is 0.884. The van der Waals surface area contributed by atoms with E-state index in [2.05, 4.69) is 5.32 Å². The van der Waals surface area contributed by atoms with Gasteiger partial charge in [-0.3, -0.25) is 4.79 Å². The molecule has 0 radical (unpaired) electrons. The van der Waals surface area contributed by atoms with Gasteiger partial charge >= 0.3 is 0 Å². The van der Waals surface area contributed by atoms with Crippen molar-refractivity contribution in [1.29, 1.82) is 0 Å². The molecule has 2 rings (SSSR count). The largest absolute Gasteiger partial charge is 0.348 e. The number of carbonyl (C=O) groups excluding carboxylic acids is 1. The number of halogens is 1. The zero-order valence-corrected chi connectivity index (χ0v) is 14.5. The lowest BCUT2D eigenvalue weighted by atomic mass is 10.1. The molecule has 124 valence electrons. The summed E-state index contributed by atoms with van der Waals surface area (Å²) in [5, 5.41) is 3.03. The number of benzene rings is 1. The summed E-state index contributed by atoms with van der Waals surface area (Å²) >= 11 is 0. The van der Waals surface area contributed by atoms with E-state index in [1.165, 1.54) is 12.1 Å². The average Bonchev–Trinajstić information content (AvgIpc) is 2.71. The van der Waals surface area contributed by atoms with Crippen LogP contribution in [-0.4, -0.2) is 16.5 Å². The molecule has 0 fully saturated rings. The highest BCUT2D eigenvalue weighted by atomic mass is 19.1. The Labute approximate surface area is 137 Å². The molecule has 23 heavy (non-hydrogen) atoms. The van der Waals surface area contributed by atoms with Crippen LogP contribution in [0, 0.1) is 26.6 Å². The van der Waals surface area contributed by atoms with Crippen LogP contribution >= 0.6 is 0 Å². The summed E-state index contributed by atoms with van der Waals surface area (Å²) < 4.78 is 15.4. The molecule has 2 aromatic rings. The maximum absolute atomic E-state index is 13.4. The van der Waals surface area contributed by atoms with Crippen LogP contribution < -0.4 is 5.32 Å². The number of nitrogens with zero attached hydrogens (tertiary/aromatic N) is 1. The third-order valence-corrected chi connectivity index (χ3v) is 4.57. The molecule has 0 saturated heterocycles. The van der Waals surface area contributed by atoms with Crippen molar-refractivity contribution in [3.63, 3.8) is 0 Å². The van der Waals surface area contributed by atoms with E-state index in [-0.39, 0.29) is 17.8 Å². The first-order valence-corrected chi connectivity index (χ1v) is 8.06. The van der Waals surface area contributed by atoms with Gasteiger partial charge in [0.2, 0.25) is 0 Å². The van der Waals surface area contributed by atoms with Crippen molar-refractivity contribution in [2.24, 2.45) is 0 Å². The monoisotopic (exact) mass is 316 g/mol. The Bertz CT molecular complexity index is 718. The first kappa shape index (κ1) is 17.3. The van der Waals surface area contributed by atoms with Crippen LogP contribution in [0.2, 0.25) is 0 Å². The Hall–Kier alpha value is -2.10. The predicted molar refractivity (Wildman–Crippen MR) is 91.4 cm³/mol. The Morgan fingerprint density at radius 2 is 1.96 bits per heavy atom. The molecule has 1 amide bonds. The standard InChI is InChI=1S/C19H25FN2O/c1-6-12(2)21-19(23)18-14(4)13(3)15(5)22(18)11-16-8-7-9-17(20)10-16/h7-10,12H,6,11H2,1-5H3,(H,21,23)/t12-/m1/s1. The zero-order valence-electron chi connectivity index (χ0n) is 14.5. The van der Waals surface area contributed by atoms with Crippen LogP contribution in [0.15, 0.2) is 24.3 Å². The van der Waals surface area contributed by atoms with Crippen molar-refractivity contribution in [2.45, 2.75) is 53.6 Å². The zero-order chi connectivity index (χ0) is 17.1. The topological polar surface area (TPSA) is 34.0 Å². The van der Waals surface area contributed by atoms with Crippen molar-refractivity contribution >= 4 is 5.91 Å². The van der Waals surface area contributed by atoms with Crippen molar-refractivity contribution in [1.82, 2.24) is 9.88 Å². The lowest BCUT2D eigenvalue weighted by Gasteiger charge is -2.16. The minimum absolute atomic E-state index is 0.0653. The van der Waals surface area contributed by atoms with Crippen molar-refractivity contribution < 1.29 is 9.18 Å². The number of aromatic nitrogens is 1. The lowest BCUT2D eigenvalue weighted by molar-refractivity contribution is 0.0929. The Morgan fingerprint density at radius 3 is 2.57 bits per heavy atom. The van der Waals surface area contributed by atoms with Gasteiger partial charge in [-0.25, -0.2) is 4.39 Å². The minimum atomic E-state index is -0.258. The summed E-state index contributed by atoms with van der Waals surface area (Å²) in [5.74, 6) is -0.323. The number of nitrogens with one attached hydrogen (secondary N) is 1. The molecule has 1 heterocycles. The molecule has 0 bridgehead atoms. The van der Waals surface area contributed by atoms with Gasteiger partial charge in [-0.05, 0) is 62.9 Å². The van der Waals surface area contributed by atoms with E-state index in [1.807, 2.05) is 45.3 Å². The van der Waals surface area contributed by atoms with E-state index in [0.29, 0.717) is 12.2 Å². The highest BCUT2D eigenvalue weighted by Crippen LogP contribution is 2.23. The first-order chi connectivity index (χ1) is 10.8. The predicted octanol–water partition coefficient (Wildman–Crippen LogP) is 4.13. The van der Waals surface area contributed by atoms with Gasteiger partial charge in [0.05, 0.1) is 0 Å². The second-order valence-electron chi connectivity index (χ2n) is 6.18. The highest BCUT2D eigenvalue weighted by molar-refractivity contribution is 5.95. The summed E-state index contributed by atoms with van der Waals surface area (Å²) in [6.07, 6.45) is 0.882. The van der Waals surface area contributed by atoms with Gasteiger partial charge in [0.1, 0.15) is 11.5 Å². The number of carbonyl (C=O) groups is 1. The van der Waals surface area contributed by atoms with E-state index in [0.717, 1.165) is 28.8 Å². The van der Waals surface area contributed by atoms with Gasteiger partial charge < -0.3 is 9.88 Å². The lowest BCUT2D eigenvalue weighted by Crippen LogP contribution is -2.34. The second-order valence-corrected chi connectivity index (χ2v) is 6.18. The summed E-state index contributed by atoms with van der Waals surface area (Å²) in [7, 11) is 0. The van der Waals surface area contributed by atoms with Gasteiger partial charge in [-0.2, -0.15) is 0 Å². The molecular formula is C19H25FN2O. The van der Waals surface area contributed by atoms with Crippen LogP contribution in [0.25, 0.3) is 0 Å². The molecule has 0 aliphatic rings. The normalized spacial score (nSPS) is 12.3. The van der Waals surface area contributed by atoms with E-state index in [4.69, 9.17) is 0 Å². The molecule has 1 N–H and O–H groups in total. The second kappa shape index (κ2) is 6.99. The summed E-state index contributed by atoms with van der Waals surface area (Å²) in [6, 6.07) is 6.64. The fourth-order valence-electron chi connectivity index (χ4n) is 2.72. The first-order valence-electron chi connectivity index (χ1n) is 8.06. The van der Waals surface area contributed by atoms with Crippen molar-refractivity contribution in [3.05, 3.63) is 58.2 Å². The Kier molecular flexibility index (Phi) is 5.24. The summed E-state index contributed by atoms with van der Waals surface area (Å²) in [5.41, 5.74) is 4.65. The third kappa shape index (κ3) is 3.63. The van der Waals surface area contributed by atoms with Crippen molar-refractivity contribution in [2.75, 3.05) is 0 Å². The van der Waals surface area contributed by atoms with E-state index < -0.39 is 0 Å². The molecule has 0 aliphatic carbocycles. The molecule has 1 aromatic heterocycles. The van der Waals surface area contributed by atoms with Gasteiger partial charge in [0.25, 0.3) is 5.91 Å². The number of rotatable bonds is 5. The molecule has 3 nitrogen and oxygen atoms in total. The van der Waals surface area contributed by atoms with E-state index in [9.17, 15) is 9.18 Å². The van der Waals surface area contributed by atoms with E-state index in [1.54, 1.807) is 6.07 Å². The maximum Gasteiger partial charge on any atom is 0.268 e. The van der Waals surface area contributed by atoms with Crippen LogP contribution in [0.4, 0.5) is 4.39 Å². The number of amides is 1. The SMILES string of the molecule is CC[C@@H](C)NC(=O)c1c(C)c(C)c(C)n1Cc1cccc(F)c1. The molecule has 0 saturated carbocycles. The molecular weight excluding hydrogens is 291 g/mol. The molecule has 1 atom stereocenters. The van der Waals surface area contributed by atoms with E-state index >= 15 is 0 Å². The van der Waals surface area contributed by atoms with Crippen LogP contribution in [0.1, 0.15) is 53.1 Å². The van der Waals surface area contributed by atoms with Crippen molar-refractivity contribution in [3.8, 4) is 0 Å². The fraction of sp³-hybridized carbons (Fsp3) is 0.421. The number of hydrogen-bond donors (Lipinski definition) is 1. The molecule has 1 aromatic carbocycles. The summed E-state index contributed by atoms with van der Waals surface area (Å²) in [4.78, 5) is 12.7. The average molecular weight is 316 g/mol. The maximum atomic E-state index is 13.4. The molecule has 0 aliphatic heterocycles. The van der Waals surface area contributed by atoms with Crippen LogP contribution in [0.5, 0.6) is 0 Å². The van der Waals surface area contributed by atoms with Gasteiger partial charge in [-0.15, -0.1) is 0 Å². The third-order valence-electron chi connectivity index (χ3n) is 4.57. The number of hydrogen-bond acceptors (Lipinski definition) is 1. The summed E-state index contributed by atoms with van der Waals surface area (Å²) in [6.45, 7) is 10.5. The molecule has 0 unspecified atom stereocenters. The van der Waals surface area contributed by atoms with Crippen LogP contribution in [0.3, 0.4) is 0 Å². The van der Waals surface area contributed by atoms with Gasteiger partial charge in [-0.1, -0.05) is 19.1 Å². The van der Waals surface area contributed by atoms with Gasteiger partial charge in [0, 0.05) is 18.3 Å². The minimum Gasteiger partial charge on any atom is -0.348 e. The Balaban J connectivity index is 2.42. The highest BCUT2D eigenvalue weighted by Gasteiger charge is 2.21. The van der Waals surface area contributed by atoms with Gasteiger partial charge in [0.15, 0.2) is 0 Å².